The van der Waals surface area contributed by atoms with E-state index < -0.39 is 7.26 Å². The van der Waals surface area contributed by atoms with Crippen molar-refractivity contribution in [3.05, 3.63) is 114 Å². The summed E-state index contributed by atoms with van der Waals surface area (Å²) in [4.78, 5) is 8.84. The predicted octanol–water partition coefficient (Wildman–Crippen LogP) is 4.62. The van der Waals surface area contributed by atoms with Crippen molar-refractivity contribution in [3.8, 4) is 0 Å². The van der Waals surface area contributed by atoms with Gasteiger partial charge in [-0.1, -0.05) is 66.2 Å². The summed E-state index contributed by atoms with van der Waals surface area (Å²) in [5.41, 5.74) is 0.837. The maximum atomic E-state index is 6.44. The van der Waals surface area contributed by atoms with Gasteiger partial charge in [-0.3, -0.25) is 4.98 Å². The molecule has 0 spiro atoms. The summed E-state index contributed by atoms with van der Waals surface area (Å²) in [6.07, 6.45) is 4.09. The van der Waals surface area contributed by atoms with Crippen LogP contribution < -0.4 is 15.9 Å². The van der Waals surface area contributed by atoms with E-state index in [0.29, 0.717) is 5.15 Å². The second-order valence-corrected chi connectivity index (χ2v) is 10.1. The van der Waals surface area contributed by atoms with E-state index in [0.717, 1.165) is 11.9 Å². The first-order valence-electron chi connectivity index (χ1n) is 8.81. The molecule has 0 amide bonds. The summed E-state index contributed by atoms with van der Waals surface area (Å²) < 4.78 is 0. The van der Waals surface area contributed by atoms with E-state index in [4.69, 9.17) is 11.6 Å². The van der Waals surface area contributed by atoms with Crippen molar-refractivity contribution < 1.29 is 0 Å². The summed E-state index contributed by atoms with van der Waals surface area (Å²) in [5.74, 6) is 0. The van der Waals surface area contributed by atoms with Crippen LogP contribution in [0.4, 0.5) is 0 Å². The van der Waals surface area contributed by atoms with Crippen molar-refractivity contribution in [3.63, 3.8) is 0 Å². The molecule has 132 valence electrons. The SMILES string of the molecule is Clc1nccnc1C[P+](c1ccccc1)(c1ccccc1)c1ccccc1. The minimum atomic E-state index is -1.99. The van der Waals surface area contributed by atoms with Gasteiger partial charge in [0, 0.05) is 12.4 Å². The predicted molar refractivity (Wildman–Crippen MR) is 116 cm³/mol. The third-order valence-corrected chi connectivity index (χ3v) is 9.33. The molecule has 0 bridgehead atoms. The van der Waals surface area contributed by atoms with Gasteiger partial charge in [0.05, 0.1) is 0 Å². The Morgan fingerprint density at radius 1 is 0.593 bits per heavy atom. The standard InChI is InChI=1S/C23H19ClN2P/c24-23-22(25-16-17-26-23)18-27(19-10-4-1-5-11-19,20-12-6-2-7-13-20)21-14-8-3-9-15-21/h1-17H,18H2/q+1. The number of benzene rings is 3. The van der Waals surface area contributed by atoms with E-state index in [1.807, 2.05) is 0 Å². The Morgan fingerprint density at radius 3 is 1.41 bits per heavy atom. The van der Waals surface area contributed by atoms with E-state index in [2.05, 4.69) is 101 Å². The Bertz CT molecular complexity index is 911. The summed E-state index contributed by atoms with van der Waals surface area (Å²) in [5, 5.41) is 4.40. The molecule has 3 aromatic carbocycles. The quantitative estimate of drug-likeness (QED) is 0.465. The van der Waals surface area contributed by atoms with E-state index >= 15 is 0 Å². The number of nitrogens with zero attached hydrogens (tertiary/aromatic N) is 2. The summed E-state index contributed by atoms with van der Waals surface area (Å²) in [7, 11) is -1.99. The van der Waals surface area contributed by atoms with Gasteiger partial charge in [-0.25, -0.2) is 4.98 Å². The van der Waals surface area contributed by atoms with Gasteiger partial charge in [0.15, 0.2) is 5.15 Å². The molecule has 0 saturated carbocycles. The molecule has 0 radical (unpaired) electrons. The molecule has 2 nitrogen and oxygen atoms in total. The van der Waals surface area contributed by atoms with Gasteiger partial charge in [-0.05, 0) is 36.4 Å². The number of aromatic nitrogens is 2. The zero-order valence-corrected chi connectivity index (χ0v) is 16.4. The van der Waals surface area contributed by atoms with E-state index in [9.17, 15) is 0 Å². The third kappa shape index (κ3) is 3.51. The molecule has 4 heteroatoms. The highest BCUT2D eigenvalue weighted by atomic mass is 35.5. The van der Waals surface area contributed by atoms with Gasteiger partial charge in [0.1, 0.15) is 35.0 Å². The van der Waals surface area contributed by atoms with Crippen LogP contribution in [0.15, 0.2) is 103 Å². The monoisotopic (exact) mass is 389 g/mol. The minimum Gasteiger partial charge on any atom is -0.253 e. The molecule has 0 aliphatic rings. The topological polar surface area (TPSA) is 25.8 Å². The Balaban J connectivity index is 2.02. The lowest BCUT2D eigenvalue weighted by Gasteiger charge is -2.27. The molecule has 0 atom stereocenters. The van der Waals surface area contributed by atoms with Gasteiger partial charge < -0.3 is 0 Å². The largest absolute Gasteiger partial charge is 0.253 e. The van der Waals surface area contributed by atoms with Crippen LogP contribution >= 0.6 is 18.9 Å². The van der Waals surface area contributed by atoms with Crippen molar-refractivity contribution in [1.29, 1.82) is 0 Å². The van der Waals surface area contributed by atoms with Gasteiger partial charge in [-0.15, -0.1) is 0 Å². The molecular formula is C23H19ClN2P+. The lowest BCUT2D eigenvalue weighted by Crippen LogP contribution is -2.32. The highest BCUT2D eigenvalue weighted by Crippen LogP contribution is 2.58. The van der Waals surface area contributed by atoms with Gasteiger partial charge in [0.25, 0.3) is 0 Å². The highest BCUT2D eigenvalue weighted by Gasteiger charge is 2.46. The summed E-state index contributed by atoms with van der Waals surface area (Å²) in [6.45, 7) is 0. The number of halogens is 1. The molecule has 4 rings (SSSR count). The first-order chi connectivity index (χ1) is 13.3. The molecule has 0 saturated heterocycles. The van der Waals surface area contributed by atoms with E-state index in [1.165, 1.54) is 15.9 Å². The Labute approximate surface area is 165 Å². The third-order valence-electron chi connectivity index (χ3n) is 4.70. The van der Waals surface area contributed by atoms with Crippen molar-refractivity contribution >= 4 is 34.8 Å². The summed E-state index contributed by atoms with van der Waals surface area (Å²) >= 11 is 6.44. The first-order valence-corrected chi connectivity index (χ1v) is 11.2. The zero-order valence-electron chi connectivity index (χ0n) is 14.7. The Kier molecular flexibility index (Phi) is 5.29. The van der Waals surface area contributed by atoms with E-state index in [1.54, 1.807) is 12.4 Å². The van der Waals surface area contributed by atoms with Crippen LogP contribution in [0, 0.1) is 0 Å². The smallest absolute Gasteiger partial charge is 0.154 e. The number of rotatable bonds is 5. The molecular weight excluding hydrogens is 371 g/mol. The van der Waals surface area contributed by atoms with Crippen molar-refractivity contribution in [2.75, 3.05) is 0 Å². The van der Waals surface area contributed by atoms with Gasteiger partial charge in [-0.2, -0.15) is 0 Å². The summed E-state index contributed by atoms with van der Waals surface area (Å²) in [6, 6.07) is 32.1. The number of hydrogen-bond acceptors (Lipinski definition) is 2. The fraction of sp³-hybridized carbons (Fsp3) is 0.0435. The molecule has 0 N–H and O–H groups in total. The van der Waals surface area contributed by atoms with Crippen LogP contribution in [0.5, 0.6) is 0 Å². The Morgan fingerprint density at radius 2 is 1.00 bits per heavy atom. The van der Waals surface area contributed by atoms with Crippen molar-refractivity contribution in [1.82, 2.24) is 9.97 Å². The molecule has 0 unspecified atom stereocenters. The van der Waals surface area contributed by atoms with Gasteiger partial charge >= 0.3 is 0 Å². The van der Waals surface area contributed by atoms with Crippen LogP contribution in [0.2, 0.25) is 5.15 Å². The maximum Gasteiger partial charge on any atom is 0.154 e. The lowest BCUT2D eigenvalue weighted by atomic mass is 10.4. The van der Waals surface area contributed by atoms with Gasteiger partial charge in [0.2, 0.25) is 0 Å². The van der Waals surface area contributed by atoms with Crippen LogP contribution in [0.3, 0.4) is 0 Å². The van der Waals surface area contributed by atoms with Crippen LogP contribution in [0.25, 0.3) is 0 Å². The van der Waals surface area contributed by atoms with E-state index in [-0.39, 0.29) is 0 Å². The second kappa shape index (κ2) is 8.00. The van der Waals surface area contributed by atoms with Crippen LogP contribution in [0.1, 0.15) is 5.69 Å². The zero-order chi connectivity index (χ0) is 18.5. The molecule has 0 aliphatic carbocycles. The van der Waals surface area contributed by atoms with Crippen LogP contribution in [-0.2, 0) is 6.16 Å². The molecule has 27 heavy (non-hydrogen) atoms. The van der Waals surface area contributed by atoms with Crippen molar-refractivity contribution in [2.45, 2.75) is 6.16 Å². The second-order valence-electron chi connectivity index (χ2n) is 6.27. The van der Waals surface area contributed by atoms with Crippen LogP contribution in [-0.4, -0.2) is 9.97 Å². The van der Waals surface area contributed by atoms with Crippen molar-refractivity contribution in [2.24, 2.45) is 0 Å². The minimum absolute atomic E-state index is 0.477. The first kappa shape index (κ1) is 17.9. The molecule has 1 heterocycles. The molecule has 0 aliphatic heterocycles. The average molecular weight is 390 g/mol. The lowest BCUT2D eigenvalue weighted by molar-refractivity contribution is 1.09. The normalized spacial score (nSPS) is 11.3. The fourth-order valence-corrected chi connectivity index (χ4v) is 7.88. The highest BCUT2D eigenvalue weighted by molar-refractivity contribution is 7.95. The number of hydrogen-bond donors (Lipinski definition) is 0. The fourth-order valence-electron chi connectivity index (χ4n) is 3.45. The maximum absolute atomic E-state index is 6.44. The Hall–Kier alpha value is -2.54. The molecule has 0 fully saturated rings. The molecule has 4 aromatic rings. The molecule has 1 aromatic heterocycles. The average Bonchev–Trinajstić information content (AvgIpc) is 2.75.